The molecule has 0 radical (unpaired) electrons. The fourth-order valence-corrected chi connectivity index (χ4v) is 9.14. The number of para-hydroxylation sites is 1. The predicted octanol–water partition coefficient (Wildman–Crippen LogP) is 4.43. The summed E-state index contributed by atoms with van der Waals surface area (Å²) in [5.41, 5.74) is 1.65. The first-order valence-corrected chi connectivity index (χ1v) is 19.8. The minimum atomic E-state index is -3.85. The largest absolute Gasteiger partial charge is 0.488 e. The van der Waals surface area contributed by atoms with E-state index >= 15 is 0 Å². The molecule has 2 atom stereocenters. The highest BCUT2D eigenvalue weighted by Gasteiger charge is 2.40. The van der Waals surface area contributed by atoms with Crippen molar-refractivity contribution in [3.8, 4) is 5.75 Å². The lowest BCUT2D eigenvalue weighted by molar-refractivity contribution is -0.158. The minimum absolute atomic E-state index is 0.0886. The Labute approximate surface area is 312 Å². The smallest absolute Gasteiger partial charge is 0.312 e. The van der Waals surface area contributed by atoms with Crippen molar-refractivity contribution in [2.45, 2.75) is 96.2 Å². The van der Waals surface area contributed by atoms with Crippen LogP contribution in [0.2, 0.25) is 0 Å². The van der Waals surface area contributed by atoms with Crippen LogP contribution in [0.1, 0.15) is 74.9 Å². The zero-order valence-corrected chi connectivity index (χ0v) is 32.2. The van der Waals surface area contributed by atoms with E-state index in [9.17, 15) is 18.3 Å². The summed E-state index contributed by atoms with van der Waals surface area (Å²) in [5.74, 6) is -0.124. The number of carboxylic acid groups (broad SMARTS) is 2. The van der Waals surface area contributed by atoms with Gasteiger partial charge in [0.05, 0.1) is 30.9 Å². The van der Waals surface area contributed by atoms with Crippen LogP contribution in [0.15, 0.2) is 53.6 Å². The molecule has 2 saturated heterocycles. The van der Waals surface area contributed by atoms with Crippen molar-refractivity contribution in [3.05, 3.63) is 71.0 Å². The van der Waals surface area contributed by atoms with Crippen molar-refractivity contribution < 1.29 is 37.7 Å². The van der Waals surface area contributed by atoms with E-state index in [2.05, 4.69) is 27.2 Å². The van der Waals surface area contributed by atoms with Crippen LogP contribution >= 0.6 is 0 Å². The number of hydrogen-bond donors (Lipinski definition) is 2. The molecule has 2 aromatic carbocycles. The van der Waals surface area contributed by atoms with Gasteiger partial charge in [0.2, 0.25) is 10.0 Å². The third-order valence-electron chi connectivity index (χ3n) is 10.8. The van der Waals surface area contributed by atoms with Crippen LogP contribution in [-0.4, -0.2) is 112 Å². The number of carbonyl (C=O) groups is 2. The zero-order valence-electron chi connectivity index (χ0n) is 31.4. The number of fused-ring (bicyclic) bond motifs is 1. The Bertz CT molecular complexity index is 1800. The molecule has 1 unspecified atom stereocenters. The van der Waals surface area contributed by atoms with E-state index < -0.39 is 27.5 Å². The van der Waals surface area contributed by atoms with E-state index in [1.54, 1.807) is 38.1 Å². The molecule has 4 heterocycles. The fourth-order valence-electron chi connectivity index (χ4n) is 7.52. The normalized spacial score (nSPS) is 21.0. The number of ether oxygens (including phenoxy) is 2. The minimum Gasteiger partial charge on any atom is -0.488 e. The van der Waals surface area contributed by atoms with Gasteiger partial charge in [-0.05, 0) is 121 Å². The van der Waals surface area contributed by atoms with Gasteiger partial charge in [0, 0.05) is 19.1 Å². The van der Waals surface area contributed by atoms with Gasteiger partial charge in [-0.3, -0.25) is 14.3 Å². The molecule has 2 fully saturated rings. The van der Waals surface area contributed by atoms with E-state index in [-0.39, 0.29) is 37.2 Å². The van der Waals surface area contributed by atoms with E-state index in [4.69, 9.17) is 19.4 Å². The first kappa shape index (κ1) is 40.3. The third-order valence-corrected chi connectivity index (χ3v) is 12.6. The monoisotopic (exact) mass is 754 g/mol. The van der Waals surface area contributed by atoms with Crippen molar-refractivity contribution in [1.29, 1.82) is 0 Å². The molecule has 15 heteroatoms. The second kappa shape index (κ2) is 17.5. The van der Waals surface area contributed by atoms with Crippen LogP contribution < -0.4 is 4.74 Å². The summed E-state index contributed by atoms with van der Waals surface area (Å²) in [5, 5.41) is 25.9. The van der Waals surface area contributed by atoms with Gasteiger partial charge < -0.3 is 29.5 Å². The summed E-state index contributed by atoms with van der Waals surface area (Å²) in [4.78, 5) is 26.1. The maximum absolute atomic E-state index is 13.8. The highest BCUT2D eigenvalue weighted by molar-refractivity contribution is 7.89. The Morgan fingerprint density at radius 2 is 1.77 bits per heavy atom. The third kappa shape index (κ3) is 9.81. The molecule has 3 aliphatic heterocycles. The number of benzene rings is 2. The number of aromatic nitrogens is 3. The number of piperidine rings is 2. The summed E-state index contributed by atoms with van der Waals surface area (Å²) in [6.07, 6.45) is 5.49. The molecule has 14 nitrogen and oxygen atoms in total. The maximum Gasteiger partial charge on any atom is 0.312 e. The van der Waals surface area contributed by atoms with Crippen LogP contribution in [0, 0.1) is 18.3 Å². The molecular formula is C38H54N6O8S. The number of nitrogens with zero attached hydrogens (tertiary/aromatic N) is 6. The number of aryl methyl sites for hydroxylation is 1. The fraction of sp³-hybridized carbons (Fsp3) is 0.579. The standard InChI is InChI=1S/C37H52N6O6S.CH2O2/c1-26-10-11-29(20-30(26)23-43-21-27(2)49-33-8-6-7-9-34(33)50(43,46)47)35(37(3,4)36(44)45)48-25-31-24-42(39-38-31)22-28-12-18-41(19-13-28)32-14-16-40(5)17-15-32;2-1-3/h6-11,20,24,27-28,32,35H,12-19,21-23,25H2,1-5H3,(H,44,45);1H,(H,2,3)/t27-,35?;/m1./s1. The van der Waals surface area contributed by atoms with Gasteiger partial charge in [-0.15, -0.1) is 5.10 Å². The molecule has 53 heavy (non-hydrogen) atoms. The lowest BCUT2D eigenvalue weighted by Crippen LogP contribution is -2.47. The summed E-state index contributed by atoms with van der Waals surface area (Å²) >= 11 is 0. The van der Waals surface area contributed by atoms with Crippen molar-refractivity contribution in [1.82, 2.24) is 29.1 Å². The number of hydrogen-bond acceptors (Lipinski definition) is 10. The molecule has 2 N–H and O–H groups in total. The van der Waals surface area contributed by atoms with Gasteiger partial charge in [-0.1, -0.05) is 35.5 Å². The van der Waals surface area contributed by atoms with Gasteiger partial charge in [-0.25, -0.2) is 8.42 Å². The van der Waals surface area contributed by atoms with Crippen molar-refractivity contribution in [3.63, 3.8) is 0 Å². The van der Waals surface area contributed by atoms with Crippen LogP contribution in [0.3, 0.4) is 0 Å². The lowest BCUT2D eigenvalue weighted by Gasteiger charge is -2.41. The van der Waals surface area contributed by atoms with E-state index in [0.717, 1.165) is 43.6 Å². The van der Waals surface area contributed by atoms with Crippen molar-refractivity contribution in [2.75, 3.05) is 39.8 Å². The van der Waals surface area contributed by atoms with Crippen molar-refractivity contribution >= 4 is 22.5 Å². The molecule has 0 aliphatic carbocycles. The average molecular weight is 755 g/mol. The number of likely N-dealkylation sites (tertiary alicyclic amines) is 2. The van der Waals surface area contributed by atoms with Crippen LogP contribution in [-0.2, 0) is 44.0 Å². The molecule has 3 aliphatic rings. The van der Waals surface area contributed by atoms with Gasteiger partial charge in [-0.2, -0.15) is 4.31 Å². The number of carboxylic acids is 1. The molecule has 3 aromatic rings. The summed E-state index contributed by atoms with van der Waals surface area (Å²) in [6.45, 7) is 12.6. The Kier molecular flexibility index (Phi) is 13.3. The van der Waals surface area contributed by atoms with Crippen LogP contribution in [0.5, 0.6) is 5.75 Å². The average Bonchev–Trinajstić information content (AvgIpc) is 3.53. The topological polar surface area (TPSA) is 168 Å². The molecule has 0 amide bonds. The second-order valence-electron chi connectivity index (χ2n) is 15.1. The highest BCUT2D eigenvalue weighted by atomic mass is 32.2. The summed E-state index contributed by atoms with van der Waals surface area (Å²) in [6, 6.07) is 13.0. The number of rotatable bonds is 11. The maximum atomic E-state index is 13.8. The second-order valence-corrected chi connectivity index (χ2v) is 17.0. The molecule has 0 saturated carbocycles. The van der Waals surface area contributed by atoms with Crippen molar-refractivity contribution in [2.24, 2.45) is 11.3 Å². The van der Waals surface area contributed by atoms with E-state index in [1.165, 1.54) is 30.2 Å². The van der Waals surface area contributed by atoms with Crippen LogP contribution in [0.4, 0.5) is 0 Å². The molecule has 0 spiro atoms. The Morgan fingerprint density at radius 3 is 2.45 bits per heavy atom. The summed E-state index contributed by atoms with van der Waals surface area (Å²) in [7, 11) is -1.64. The Balaban J connectivity index is 0.00000175. The zero-order chi connectivity index (χ0) is 38.3. The highest BCUT2D eigenvalue weighted by Crippen LogP contribution is 2.39. The summed E-state index contributed by atoms with van der Waals surface area (Å²) < 4.78 is 43.2. The number of sulfonamides is 1. The van der Waals surface area contributed by atoms with E-state index in [0.29, 0.717) is 29.0 Å². The van der Waals surface area contributed by atoms with Gasteiger partial charge >= 0.3 is 5.97 Å². The predicted molar refractivity (Wildman–Crippen MR) is 198 cm³/mol. The molecule has 0 bridgehead atoms. The molecule has 290 valence electrons. The molecule has 6 rings (SSSR count). The van der Waals surface area contributed by atoms with Gasteiger partial charge in [0.15, 0.2) is 0 Å². The number of aliphatic carboxylic acids is 1. The Hall–Kier alpha value is -3.89. The quantitative estimate of drug-likeness (QED) is 0.265. The Morgan fingerprint density at radius 1 is 1.09 bits per heavy atom. The van der Waals surface area contributed by atoms with Gasteiger partial charge in [0.1, 0.15) is 22.4 Å². The van der Waals surface area contributed by atoms with E-state index in [1.807, 2.05) is 42.9 Å². The molecule has 1 aromatic heterocycles. The van der Waals surface area contributed by atoms with Crippen LogP contribution in [0.25, 0.3) is 0 Å². The lowest BCUT2D eigenvalue weighted by atomic mass is 9.81. The first-order chi connectivity index (χ1) is 25.2. The van der Waals surface area contributed by atoms with Gasteiger partial charge in [0.25, 0.3) is 6.47 Å². The SMILES string of the molecule is Cc1ccc(C(OCc2cn(CC3CCN(C4CCN(C)CC4)CC3)nn2)C(C)(C)C(=O)O)cc1CN1C[C@@H](C)Oc2ccccc2S1(=O)=O.O=CO. The first-order valence-electron chi connectivity index (χ1n) is 18.3. The molecular weight excluding hydrogens is 701 g/mol.